The number of benzene rings is 5. The average molecular weight is 587 g/mol. The van der Waals surface area contributed by atoms with Crippen LogP contribution in [0.4, 0.5) is 28.4 Å². The highest BCUT2D eigenvalue weighted by atomic mass is 15.2. The fourth-order valence-corrected chi connectivity index (χ4v) is 7.20. The lowest BCUT2D eigenvalue weighted by molar-refractivity contribution is 0.772. The first-order chi connectivity index (χ1) is 21.9. The van der Waals surface area contributed by atoms with Gasteiger partial charge in [0.25, 0.3) is 0 Å². The second-order valence-electron chi connectivity index (χ2n) is 13.0. The third-order valence-corrected chi connectivity index (χ3v) is 9.28. The molecule has 0 heterocycles. The van der Waals surface area contributed by atoms with Crippen LogP contribution in [-0.4, -0.2) is 0 Å². The molecule has 0 bridgehead atoms. The molecule has 2 aliphatic carbocycles. The van der Waals surface area contributed by atoms with E-state index >= 15 is 0 Å². The highest BCUT2D eigenvalue weighted by Gasteiger charge is 2.31. The molecule has 224 valence electrons. The van der Waals surface area contributed by atoms with Gasteiger partial charge in [0.2, 0.25) is 0 Å². The molecule has 5 aromatic rings. The van der Waals surface area contributed by atoms with Crippen LogP contribution in [0.2, 0.25) is 0 Å². The summed E-state index contributed by atoms with van der Waals surface area (Å²) >= 11 is 0. The van der Waals surface area contributed by atoms with Crippen molar-refractivity contribution >= 4 is 45.3 Å². The van der Waals surface area contributed by atoms with E-state index in [4.69, 9.17) is 0 Å². The van der Waals surface area contributed by atoms with Gasteiger partial charge in [-0.25, -0.2) is 0 Å². The van der Waals surface area contributed by atoms with Crippen molar-refractivity contribution in [3.8, 4) is 0 Å². The standard InChI is InChI=1S/C43H42N2/c1-29-13-8-18-34(25-29)44(35-19-9-14-30(2)26-35)42-38-22-6-7-23-39(38)43(41-33(5)17-12-24-40(41)42)45(36-20-10-15-31(3)27-36)37-21-11-16-32(4)28-37/h6-8,10-13,15-16,18-28,33H,9,14,17H2,1-5H3. The first-order valence-corrected chi connectivity index (χ1v) is 16.3. The number of aryl methyl sites for hydroxylation is 3. The summed E-state index contributed by atoms with van der Waals surface area (Å²) in [5, 5.41) is 2.53. The van der Waals surface area contributed by atoms with Gasteiger partial charge >= 0.3 is 0 Å². The Balaban J connectivity index is 1.62. The van der Waals surface area contributed by atoms with Crippen LogP contribution in [0, 0.1) is 20.8 Å². The normalized spacial score (nSPS) is 15.8. The minimum Gasteiger partial charge on any atom is -0.310 e. The molecule has 1 unspecified atom stereocenters. The average Bonchev–Trinajstić information content (AvgIpc) is 3.03. The molecule has 0 fully saturated rings. The van der Waals surface area contributed by atoms with Gasteiger partial charge in [-0.05, 0) is 118 Å². The third kappa shape index (κ3) is 5.40. The summed E-state index contributed by atoms with van der Waals surface area (Å²) in [5.74, 6) is 0.345. The summed E-state index contributed by atoms with van der Waals surface area (Å²) in [4.78, 5) is 5.05. The lowest BCUT2D eigenvalue weighted by Gasteiger charge is -2.38. The van der Waals surface area contributed by atoms with Gasteiger partial charge in [-0.2, -0.15) is 0 Å². The number of anilines is 5. The lowest BCUT2D eigenvalue weighted by Crippen LogP contribution is -2.22. The quantitative estimate of drug-likeness (QED) is 0.183. The van der Waals surface area contributed by atoms with Gasteiger partial charge in [-0.15, -0.1) is 0 Å². The molecule has 0 aliphatic heterocycles. The molecule has 0 amide bonds. The van der Waals surface area contributed by atoms with E-state index in [1.54, 1.807) is 0 Å². The zero-order valence-electron chi connectivity index (χ0n) is 27.1. The SMILES string of the molecule is CC1=CC(N(c2cccc(C)c2)c2c3c(c(N(c4cccc(C)c4)c4cccc(C)c4)c4ccccc24)C(C)CC=C3)=CCC1. The van der Waals surface area contributed by atoms with Crippen LogP contribution in [0.25, 0.3) is 16.8 Å². The van der Waals surface area contributed by atoms with Crippen molar-refractivity contribution in [3.63, 3.8) is 0 Å². The van der Waals surface area contributed by atoms with Gasteiger partial charge in [0.1, 0.15) is 0 Å². The monoisotopic (exact) mass is 586 g/mol. The van der Waals surface area contributed by atoms with Gasteiger partial charge in [0, 0.05) is 39.1 Å². The van der Waals surface area contributed by atoms with Crippen molar-refractivity contribution in [1.29, 1.82) is 0 Å². The smallest absolute Gasteiger partial charge is 0.0616 e. The summed E-state index contributed by atoms with van der Waals surface area (Å²) in [5.41, 5.74) is 15.3. The van der Waals surface area contributed by atoms with Crippen LogP contribution in [0.3, 0.4) is 0 Å². The van der Waals surface area contributed by atoms with Gasteiger partial charge in [-0.1, -0.05) is 91.4 Å². The van der Waals surface area contributed by atoms with E-state index in [1.807, 2.05) is 0 Å². The predicted molar refractivity (Wildman–Crippen MR) is 195 cm³/mol. The molecule has 0 saturated carbocycles. The molecule has 1 atom stereocenters. The summed E-state index contributed by atoms with van der Waals surface area (Å²) < 4.78 is 0. The van der Waals surface area contributed by atoms with Crippen LogP contribution in [-0.2, 0) is 0 Å². The minimum absolute atomic E-state index is 0.345. The summed E-state index contributed by atoms with van der Waals surface area (Å²) in [6, 6.07) is 35.9. The second kappa shape index (κ2) is 11.9. The molecular formula is C43H42N2. The van der Waals surface area contributed by atoms with Crippen LogP contribution in [0.5, 0.6) is 0 Å². The maximum absolute atomic E-state index is 2.53. The van der Waals surface area contributed by atoms with E-state index < -0.39 is 0 Å². The second-order valence-corrected chi connectivity index (χ2v) is 13.0. The Kier molecular flexibility index (Phi) is 7.67. The van der Waals surface area contributed by atoms with Crippen LogP contribution >= 0.6 is 0 Å². The minimum atomic E-state index is 0.345. The Morgan fingerprint density at radius 1 is 0.622 bits per heavy atom. The molecule has 5 aromatic carbocycles. The van der Waals surface area contributed by atoms with E-state index in [2.05, 4.69) is 166 Å². The Hall–Kier alpha value is -4.82. The maximum atomic E-state index is 2.53. The molecule has 0 aromatic heterocycles. The summed E-state index contributed by atoms with van der Waals surface area (Å²) in [6.07, 6.45) is 12.8. The number of rotatable bonds is 6. The van der Waals surface area contributed by atoms with Crippen molar-refractivity contribution in [2.75, 3.05) is 9.80 Å². The number of nitrogens with zero attached hydrogens (tertiary/aromatic N) is 2. The highest BCUT2D eigenvalue weighted by Crippen LogP contribution is 2.53. The van der Waals surface area contributed by atoms with Crippen LogP contribution in [0.1, 0.15) is 66.8 Å². The molecule has 0 N–H and O–H groups in total. The van der Waals surface area contributed by atoms with E-state index in [1.165, 1.54) is 78.3 Å². The van der Waals surface area contributed by atoms with Crippen molar-refractivity contribution in [2.45, 2.75) is 59.8 Å². The first-order valence-electron chi connectivity index (χ1n) is 16.3. The number of hydrogen-bond acceptors (Lipinski definition) is 2. The van der Waals surface area contributed by atoms with E-state index in [0.29, 0.717) is 5.92 Å². The predicted octanol–water partition coefficient (Wildman–Crippen LogP) is 12.5. The maximum Gasteiger partial charge on any atom is 0.0616 e. The fourth-order valence-electron chi connectivity index (χ4n) is 7.20. The molecular weight excluding hydrogens is 544 g/mol. The van der Waals surface area contributed by atoms with Crippen LogP contribution in [0.15, 0.2) is 127 Å². The van der Waals surface area contributed by atoms with Crippen molar-refractivity contribution in [1.82, 2.24) is 0 Å². The van der Waals surface area contributed by atoms with Crippen LogP contribution < -0.4 is 9.80 Å². The van der Waals surface area contributed by atoms with Gasteiger partial charge in [0.05, 0.1) is 11.4 Å². The van der Waals surface area contributed by atoms with Crippen molar-refractivity contribution in [2.24, 2.45) is 0 Å². The zero-order valence-corrected chi connectivity index (χ0v) is 27.1. The molecule has 2 nitrogen and oxygen atoms in total. The molecule has 0 spiro atoms. The highest BCUT2D eigenvalue weighted by molar-refractivity contribution is 6.12. The summed E-state index contributed by atoms with van der Waals surface area (Å²) in [7, 11) is 0. The Labute approximate surface area is 268 Å². The van der Waals surface area contributed by atoms with Gasteiger partial charge in [0.15, 0.2) is 0 Å². The topological polar surface area (TPSA) is 6.48 Å². The fraction of sp³-hybridized carbons (Fsp3) is 0.209. The summed E-state index contributed by atoms with van der Waals surface area (Å²) in [6.45, 7) is 11.2. The number of allylic oxidation sites excluding steroid dienone is 4. The first kappa shape index (κ1) is 28.9. The zero-order chi connectivity index (χ0) is 31.1. The Morgan fingerprint density at radius 3 is 1.73 bits per heavy atom. The third-order valence-electron chi connectivity index (χ3n) is 9.28. The Bertz CT molecular complexity index is 1960. The molecule has 45 heavy (non-hydrogen) atoms. The van der Waals surface area contributed by atoms with E-state index in [-0.39, 0.29) is 0 Å². The largest absolute Gasteiger partial charge is 0.310 e. The number of hydrogen-bond donors (Lipinski definition) is 0. The van der Waals surface area contributed by atoms with Crippen molar-refractivity contribution < 1.29 is 0 Å². The van der Waals surface area contributed by atoms with Crippen molar-refractivity contribution in [3.05, 3.63) is 154 Å². The molecule has 2 heteroatoms. The molecule has 0 radical (unpaired) electrons. The van der Waals surface area contributed by atoms with E-state index in [0.717, 1.165) is 19.3 Å². The Morgan fingerprint density at radius 2 is 1.18 bits per heavy atom. The molecule has 2 aliphatic rings. The molecule has 0 saturated heterocycles. The van der Waals surface area contributed by atoms with E-state index in [9.17, 15) is 0 Å². The van der Waals surface area contributed by atoms with Gasteiger partial charge in [-0.3, -0.25) is 0 Å². The molecule has 7 rings (SSSR count). The van der Waals surface area contributed by atoms with Gasteiger partial charge < -0.3 is 9.80 Å². The lowest BCUT2D eigenvalue weighted by atomic mass is 9.82. The number of fused-ring (bicyclic) bond motifs is 2.